The van der Waals surface area contributed by atoms with E-state index in [4.69, 9.17) is 16.3 Å². The van der Waals surface area contributed by atoms with Gasteiger partial charge in [-0.3, -0.25) is 4.79 Å². The van der Waals surface area contributed by atoms with Crippen molar-refractivity contribution in [3.63, 3.8) is 0 Å². The molecule has 1 aliphatic heterocycles. The lowest BCUT2D eigenvalue weighted by atomic mass is 10.2. The quantitative estimate of drug-likeness (QED) is 0.776. The van der Waals surface area contributed by atoms with Gasteiger partial charge in [-0.1, -0.05) is 23.7 Å². The average Bonchev–Trinajstić information content (AvgIpc) is 2.78. The van der Waals surface area contributed by atoms with Crippen molar-refractivity contribution in [3.8, 4) is 5.75 Å². The number of nitrogens with zero attached hydrogens (tertiary/aromatic N) is 2. The SMILES string of the molecule is O=c1[nH]c(CN2CCCOc3ccccc32)nc2ccc(Cl)cc12. The summed E-state index contributed by atoms with van der Waals surface area (Å²) in [5, 5.41) is 1.03. The summed E-state index contributed by atoms with van der Waals surface area (Å²) in [4.78, 5) is 21.9. The Balaban J connectivity index is 1.72. The van der Waals surface area contributed by atoms with Crippen molar-refractivity contribution < 1.29 is 4.74 Å². The third kappa shape index (κ3) is 2.83. The van der Waals surface area contributed by atoms with Crippen molar-refractivity contribution in [1.29, 1.82) is 0 Å². The summed E-state index contributed by atoms with van der Waals surface area (Å²) in [5.41, 5.74) is 1.50. The van der Waals surface area contributed by atoms with Crippen LogP contribution in [0, 0.1) is 0 Å². The fraction of sp³-hybridized carbons (Fsp3) is 0.222. The number of fused-ring (bicyclic) bond motifs is 2. The number of para-hydroxylation sites is 2. The van der Waals surface area contributed by atoms with Gasteiger partial charge in [-0.2, -0.15) is 0 Å². The summed E-state index contributed by atoms with van der Waals surface area (Å²) in [6, 6.07) is 13.1. The molecule has 0 amide bonds. The first-order chi connectivity index (χ1) is 11.7. The third-order valence-electron chi connectivity index (χ3n) is 4.09. The minimum atomic E-state index is -0.170. The minimum Gasteiger partial charge on any atom is -0.491 e. The molecule has 0 spiro atoms. The molecule has 1 aliphatic rings. The Bertz CT molecular complexity index is 954. The molecule has 4 rings (SSSR count). The van der Waals surface area contributed by atoms with E-state index in [2.05, 4.69) is 14.9 Å². The zero-order valence-corrected chi connectivity index (χ0v) is 13.7. The van der Waals surface area contributed by atoms with Crippen LogP contribution in [-0.2, 0) is 6.54 Å². The highest BCUT2D eigenvalue weighted by molar-refractivity contribution is 6.31. The van der Waals surface area contributed by atoms with Crippen LogP contribution in [0.1, 0.15) is 12.2 Å². The number of hydrogen-bond acceptors (Lipinski definition) is 4. The first kappa shape index (κ1) is 15.0. The van der Waals surface area contributed by atoms with Gasteiger partial charge >= 0.3 is 0 Å². The highest BCUT2D eigenvalue weighted by atomic mass is 35.5. The van der Waals surface area contributed by atoms with Crippen LogP contribution in [-0.4, -0.2) is 23.1 Å². The molecule has 1 aromatic heterocycles. The minimum absolute atomic E-state index is 0.170. The molecule has 0 bridgehead atoms. The zero-order chi connectivity index (χ0) is 16.5. The second kappa shape index (κ2) is 6.17. The summed E-state index contributed by atoms with van der Waals surface area (Å²) < 4.78 is 5.77. The van der Waals surface area contributed by atoms with E-state index in [0.29, 0.717) is 34.9 Å². The van der Waals surface area contributed by atoms with Crippen LogP contribution >= 0.6 is 11.6 Å². The molecule has 122 valence electrons. The molecule has 24 heavy (non-hydrogen) atoms. The number of halogens is 1. The van der Waals surface area contributed by atoms with Gasteiger partial charge in [-0.15, -0.1) is 0 Å². The summed E-state index contributed by atoms with van der Waals surface area (Å²) in [5.74, 6) is 1.50. The van der Waals surface area contributed by atoms with Crippen molar-refractivity contribution in [2.45, 2.75) is 13.0 Å². The topological polar surface area (TPSA) is 58.2 Å². The molecule has 0 radical (unpaired) electrons. The number of benzene rings is 2. The van der Waals surface area contributed by atoms with Gasteiger partial charge in [0.15, 0.2) is 0 Å². The first-order valence-electron chi connectivity index (χ1n) is 7.86. The van der Waals surface area contributed by atoms with Gasteiger partial charge < -0.3 is 14.6 Å². The number of nitrogens with one attached hydrogen (secondary N) is 1. The van der Waals surface area contributed by atoms with E-state index in [0.717, 1.165) is 24.4 Å². The van der Waals surface area contributed by atoms with Gasteiger partial charge in [0.25, 0.3) is 5.56 Å². The largest absolute Gasteiger partial charge is 0.491 e. The molecule has 5 nitrogen and oxygen atoms in total. The molecule has 2 aromatic carbocycles. The molecular formula is C18H16ClN3O2. The van der Waals surface area contributed by atoms with Gasteiger partial charge in [0, 0.05) is 11.6 Å². The normalized spacial score (nSPS) is 14.1. The number of aromatic amines is 1. The molecule has 1 N–H and O–H groups in total. The number of rotatable bonds is 2. The molecule has 0 atom stereocenters. The fourth-order valence-electron chi connectivity index (χ4n) is 2.98. The van der Waals surface area contributed by atoms with Crippen LogP contribution in [0.15, 0.2) is 47.3 Å². The van der Waals surface area contributed by atoms with Gasteiger partial charge in [-0.05, 0) is 36.8 Å². The Hall–Kier alpha value is -2.53. The van der Waals surface area contributed by atoms with Crippen LogP contribution in [0.4, 0.5) is 5.69 Å². The Labute approximate surface area is 143 Å². The zero-order valence-electron chi connectivity index (χ0n) is 13.0. The van der Waals surface area contributed by atoms with Gasteiger partial charge in [-0.25, -0.2) is 4.98 Å². The number of H-pyrrole nitrogens is 1. The van der Waals surface area contributed by atoms with Gasteiger partial charge in [0.05, 0.1) is 29.7 Å². The van der Waals surface area contributed by atoms with E-state index in [1.807, 2.05) is 24.3 Å². The second-order valence-electron chi connectivity index (χ2n) is 5.77. The highest BCUT2D eigenvalue weighted by Crippen LogP contribution is 2.31. The maximum Gasteiger partial charge on any atom is 0.258 e. The maximum absolute atomic E-state index is 12.3. The standard InChI is InChI=1S/C18H16ClN3O2/c19-12-6-7-14-13(10-12)18(23)21-17(20-14)11-22-8-3-9-24-16-5-2-1-4-15(16)22/h1-2,4-7,10H,3,8-9,11H2,(H,20,21,23). The Morgan fingerprint density at radius 3 is 3.04 bits per heavy atom. The van der Waals surface area contributed by atoms with Gasteiger partial charge in [0.2, 0.25) is 0 Å². The van der Waals surface area contributed by atoms with Crippen LogP contribution in [0.2, 0.25) is 5.02 Å². The van der Waals surface area contributed by atoms with E-state index in [-0.39, 0.29) is 5.56 Å². The Kier molecular flexibility index (Phi) is 3.86. The molecule has 3 aromatic rings. The predicted octanol–water partition coefficient (Wildman–Crippen LogP) is 3.37. The lowest BCUT2D eigenvalue weighted by Gasteiger charge is -2.23. The Morgan fingerprint density at radius 1 is 1.25 bits per heavy atom. The average molecular weight is 342 g/mol. The number of ether oxygens (including phenoxy) is 1. The monoisotopic (exact) mass is 341 g/mol. The number of anilines is 1. The van der Waals surface area contributed by atoms with E-state index in [9.17, 15) is 4.79 Å². The Morgan fingerprint density at radius 2 is 2.12 bits per heavy atom. The van der Waals surface area contributed by atoms with Gasteiger partial charge in [0.1, 0.15) is 11.6 Å². The molecule has 2 heterocycles. The lowest BCUT2D eigenvalue weighted by Crippen LogP contribution is -2.26. The van der Waals surface area contributed by atoms with Crippen LogP contribution in [0.25, 0.3) is 10.9 Å². The molecule has 6 heteroatoms. The number of aromatic nitrogens is 2. The summed E-state index contributed by atoms with van der Waals surface area (Å²) in [7, 11) is 0. The van der Waals surface area contributed by atoms with Crippen LogP contribution in [0.5, 0.6) is 5.75 Å². The van der Waals surface area contributed by atoms with E-state index >= 15 is 0 Å². The molecule has 0 fully saturated rings. The van der Waals surface area contributed by atoms with Crippen molar-refractivity contribution in [1.82, 2.24) is 9.97 Å². The van der Waals surface area contributed by atoms with E-state index in [1.165, 1.54) is 0 Å². The van der Waals surface area contributed by atoms with Crippen molar-refractivity contribution in [3.05, 3.63) is 63.7 Å². The summed E-state index contributed by atoms with van der Waals surface area (Å²) in [6.45, 7) is 2.06. The smallest absolute Gasteiger partial charge is 0.258 e. The fourth-order valence-corrected chi connectivity index (χ4v) is 3.15. The summed E-state index contributed by atoms with van der Waals surface area (Å²) in [6.07, 6.45) is 0.919. The van der Waals surface area contributed by atoms with E-state index in [1.54, 1.807) is 18.2 Å². The number of hydrogen-bond donors (Lipinski definition) is 1. The van der Waals surface area contributed by atoms with Crippen molar-refractivity contribution in [2.24, 2.45) is 0 Å². The molecule has 0 unspecified atom stereocenters. The third-order valence-corrected chi connectivity index (χ3v) is 4.33. The molecule has 0 saturated carbocycles. The van der Waals surface area contributed by atoms with E-state index < -0.39 is 0 Å². The van der Waals surface area contributed by atoms with Crippen molar-refractivity contribution in [2.75, 3.05) is 18.1 Å². The van der Waals surface area contributed by atoms with Crippen molar-refractivity contribution >= 4 is 28.2 Å². The molecular weight excluding hydrogens is 326 g/mol. The lowest BCUT2D eigenvalue weighted by molar-refractivity contribution is 0.322. The van der Waals surface area contributed by atoms with Crippen LogP contribution in [0.3, 0.4) is 0 Å². The highest BCUT2D eigenvalue weighted by Gasteiger charge is 2.17. The first-order valence-corrected chi connectivity index (χ1v) is 8.24. The predicted molar refractivity (Wildman–Crippen MR) is 95.0 cm³/mol. The maximum atomic E-state index is 12.3. The molecule has 0 aliphatic carbocycles. The molecule has 0 saturated heterocycles. The van der Waals surface area contributed by atoms with Crippen LogP contribution < -0.4 is 15.2 Å². The second-order valence-corrected chi connectivity index (χ2v) is 6.20. The summed E-state index contributed by atoms with van der Waals surface area (Å²) >= 11 is 5.96.